The zero-order valence-corrected chi connectivity index (χ0v) is 12.2. The molecule has 5 heteroatoms. The van der Waals surface area contributed by atoms with E-state index in [4.69, 9.17) is 27.9 Å². The molecule has 0 bridgehead atoms. The van der Waals surface area contributed by atoms with Crippen molar-refractivity contribution in [2.75, 3.05) is 6.61 Å². The van der Waals surface area contributed by atoms with Gasteiger partial charge in [-0.2, -0.15) is 0 Å². The van der Waals surface area contributed by atoms with E-state index in [-0.39, 0.29) is 3.73 Å². The van der Waals surface area contributed by atoms with Crippen LogP contribution in [0.1, 0.15) is 19.8 Å². The van der Waals surface area contributed by atoms with Gasteiger partial charge in [-0.15, -0.1) is 0 Å². The zero-order chi connectivity index (χ0) is 9.90. The molecule has 1 aliphatic heterocycles. The Morgan fingerprint density at radius 2 is 2.38 bits per heavy atom. The Labute approximate surface area is 95.8 Å². The maximum atomic E-state index is 11.5. The topological polar surface area (TPSA) is 26.3 Å². The number of alkyl halides is 2. The minimum atomic E-state index is -2.69. The van der Waals surface area contributed by atoms with E-state index < -0.39 is 23.5 Å². The number of rotatable bonds is 2. The summed E-state index contributed by atoms with van der Waals surface area (Å²) < 4.78 is 5.96. The van der Waals surface area contributed by atoms with Crippen molar-refractivity contribution in [3.8, 4) is 0 Å². The summed E-state index contributed by atoms with van der Waals surface area (Å²) in [6.45, 7) is 2.20. The molecule has 0 spiro atoms. The van der Waals surface area contributed by atoms with Gasteiger partial charge in [0, 0.05) is 0 Å². The average Bonchev–Trinajstić information content (AvgIpc) is 2.03. The Hall–Kier alpha value is 0.660. The monoisotopic (exact) mass is 324 g/mol. The number of ether oxygens (including phenoxy) is 1. The molecule has 0 aromatic rings. The van der Waals surface area contributed by atoms with Crippen LogP contribution >= 0.6 is 23.2 Å². The van der Waals surface area contributed by atoms with Gasteiger partial charge < -0.3 is 0 Å². The molecule has 0 atom stereocenters. The molecule has 0 saturated carbocycles. The van der Waals surface area contributed by atoms with Gasteiger partial charge in [0.1, 0.15) is 0 Å². The van der Waals surface area contributed by atoms with Crippen LogP contribution in [0.3, 0.4) is 0 Å². The van der Waals surface area contributed by atoms with Gasteiger partial charge in [-0.05, 0) is 0 Å². The Balaban J connectivity index is 2.70. The molecular formula is C8H11Cl2InO2. The maximum absolute atomic E-state index is 11.5. The van der Waals surface area contributed by atoms with Crippen molar-refractivity contribution in [3.05, 3.63) is 9.91 Å². The van der Waals surface area contributed by atoms with Gasteiger partial charge in [-0.1, -0.05) is 0 Å². The van der Waals surface area contributed by atoms with Crippen molar-refractivity contribution >= 4 is 48.4 Å². The van der Waals surface area contributed by atoms with Gasteiger partial charge in [-0.25, -0.2) is 0 Å². The molecule has 2 nitrogen and oxygen atoms in total. The van der Waals surface area contributed by atoms with E-state index in [1.807, 2.05) is 9.91 Å². The van der Waals surface area contributed by atoms with E-state index in [0.29, 0.717) is 13.0 Å². The van der Waals surface area contributed by atoms with Crippen LogP contribution in [-0.4, -0.2) is 33.9 Å². The van der Waals surface area contributed by atoms with Crippen molar-refractivity contribution in [3.63, 3.8) is 0 Å². The molecule has 1 heterocycles. The first-order valence-electron chi connectivity index (χ1n) is 4.29. The number of halogens is 2. The third kappa shape index (κ3) is 3.07. The van der Waals surface area contributed by atoms with Crippen LogP contribution in [0.5, 0.6) is 0 Å². The van der Waals surface area contributed by atoms with E-state index in [1.54, 1.807) is 6.92 Å². The van der Waals surface area contributed by atoms with Crippen LogP contribution < -0.4 is 0 Å². The van der Waals surface area contributed by atoms with Gasteiger partial charge in [0.15, 0.2) is 0 Å². The Kier molecular flexibility index (Phi) is 4.46. The van der Waals surface area contributed by atoms with E-state index >= 15 is 0 Å². The predicted molar refractivity (Wildman–Crippen MR) is 55.6 cm³/mol. The van der Waals surface area contributed by atoms with E-state index in [1.165, 1.54) is 0 Å². The van der Waals surface area contributed by atoms with E-state index in [9.17, 15) is 4.79 Å². The molecule has 1 rings (SSSR count). The van der Waals surface area contributed by atoms with Crippen LogP contribution in [0.2, 0.25) is 0 Å². The molecule has 13 heavy (non-hydrogen) atoms. The second-order valence-electron chi connectivity index (χ2n) is 2.96. The van der Waals surface area contributed by atoms with Crippen LogP contribution in [0.15, 0.2) is 9.91 Å². The first kappa shape index (κ1) is 11.7. The predicted octanol–water partition coefficient (Wildman–Crippen LogP) is 2.82. The van der Waals surface area contributed by atoms with Gasteiger partial charge in [0.05, 0.1) is 0 Å². The Morgan fingerprint density at radius 3 is 2.92 bits per heavy atom. The van der Waals surface area contributed by atoms with Gasteiger partial charge in [0.2, 0.25) is 0 Å². The van der Waals surface area contributed by atoms with Crippen LogP contribution in [-0.2, 0) is 4.74 Å². The summed E-state index contributed by atoms with van der Waals surface area (Å²) in [5.74, 6) is 0. The number of hydrogen-bond donors (Lipinski definition) is 0. The summed E-state index contributed by atoms with van der Waals surface area (Å²) in [4.78, 5) is 11.5. The SMILES string of the molecule is CCO[C](=O)[In]1[CH]=CCC[C]1(Cl)Cl. The second kappa shape index (κ2) is 4.94. The van der Waals surface area contributed by atoms with Gasteiger partial charge in [-0.3, -0.25) is 0 Å². The fraction of sp³-hybridized carbons (Fsp3) is 0.625. The molecule has 0 saturated heterocycles. The number of carbonyl (C=O) groups excluding carboxylic acids is 1. The molecule has 0 aromatic carbocycles. The average molecular weight is 325 g/mol. The first-order valence-corrected chi connectivity index (χ1v) is 10.2. The molecule has 0 radical (unpaired) electrons. The molecule has 0 aliphatic carbocycles. The summed E-state index contributed by atoms with van der Waals surface area (Å²) in [6.07, 6.45) is 3.55. The van der Waals surface area contributed by atoms with Crippen LogP contribution in [0.4, 0.5) is 4.79 Å². The Bertz CT molecular complexity index is 228. The molecule has 0 aromatic heterocycles. The quantitative estimate of drug-likeness (QED) is 0.730. The van der Waals surface area contributed by atoms with Crippen molar-refractivity contribution in [1.29, 1.82) is 0 Å². The summed E-state index contributed by atoms with van der Waals surface area (Å²) in [5.41, 5.74) is 0. The van der Waals surface area contributed by atoms with Gasteiger partial charge in [0.25, 0.3) is 0 Å². The van der Waals surface area contributed by atoms with Gasteiger partial charge >= 0.3 is 96.3 Å². The summed E-state index contributed by atoms with van der Waals surface area (Å²) in [5, 5.41) is 0. The van der Waals surface area contributed by atoms with Crippen LogP contribution in [0, 0.1) is 0 Å². The zero-order valence-electron chi connectivity index (χ0n) is 7.43. The first-order chi connectivity index (χ1) is 6.08. The van der Waals surface area contributed by atoms with E-state index in [0.717, 1.165) is 6.42 Å². The van der Waals surface area contributed by atoms with E-state index in [2.05, 4.69) is 0 Å². The summed E-state index contributed by atoms with van der Waals surface area (Å²) >= 11 is 9.46. The summed E-state index contributed by atoms with van der Waals surface area (Å²) in [6, 6.07) is 0. The molecule has 72 valence electrons. The number of carbonyl (C=O) groups is 1. The van der Waals surface area contributed by atoms with Crippen molar-refractivity contribution in [2.24, 2.45) is 0 Å². The van der Waals surface area contributed by atoms with Crippen LogP contribution in [0.25, 0.3) is 0 Å². The van der Waals surface area contributed by atoms with Crippen molar-refractivity contribution in [2.45, 2.75) is 21.9 Å². The number of allylic oxidation sites excluding steroid dienone is 1. The molecule has 0 fully saturated rings. The third-order valence-electron chi connectivity index (χ3n) is 1.97. The molecular weight excluding hydrogens is 314 g/mol. The fourth-order valence-corrected chi connectivity index (χ4v) is 9.59. The normalized spacial score (nSPS) is 20.1. The molecule has 1 aliphatic rings. The summed E-state index contributed by atoms with van der Waals surface area (Å²) in [7, 11) is 0. The molecule has 0 N–H and O–H groups in total. The molecule has 0 unspecified atom stereocenters. The number of hydrogen-bond acceptors (Lipinski definition) is 2. The van der Waals surface area contributed by atoms with Crippen molar-refractivity contribution < 1.29 is 9.53 Å². The fourth-order valence-electron chi connectivity index (χ4n) is 1.29. The van der Waals surface area contributed by atoms with Crippen molar-refractivity contribution in [1.82, 2.24) is 0 Å². The Morgan fingerprint density at radius 1 is 1.69 bits per heavy atom. The second-order valence-corrected chi connectivity index (χ2v) is 14.6. The third-order valence-corrected chi connectivity index (χ3v) is 12.7. The molecule has 0 amide bonds. The minimum absolute atomic E-state index is 0.134. The standard InChI is InChI=1S/C5H6Cl2.C3H5O2.In/c1-2-3-4-5(6)7;1-2-5-3-4;/h1-2H,3-4H2;2H2,1H3;.